The summed E-state index contributed by atoms with van der Waals surface area (Å²) in [5, 5.41) is 18.2. The molecular weight excluding hydrogens is 184 g/mol. The van der Waals surface area contributed by atoms with E-state index in [4.69, 9.17) is 10.2 Å². The normalized spacial score (nSPS) is 13.0. The fourth-order valence-corrected chi connectivity index (χ4v) is 2.09. The van der Waals surface area contributed by atoms with Crippen LogP contribution in [0.2, 0.25) is 0 Å². The summed E-state index contributed by atoms with van der Waals surface area (Å²) in [7, 11) is 0. The van der Waals surface area contributed by atoms with Crippen LogP contribution in [0.5, 0.6) is 0 Å². The van der Waals surface area contributed by atoms with Gasteiger partial charge in [-0.2, -0.15) is 0 Å². The molecule has 0 rings (SSSR count). The monoisotopic (exact) mass is 202 g/mol. The van der Waals surface area contributed by atoms with E-state index in [2.05, 4.69) is 0 Å². The van der Waals surface area contributed by atoms with E-state index in [1.165, 1.54) is 0 Å². The Bertz CT molecular complexity index is 233. The molecule has 2 N–H and O–H groups in total. The van der Waals surface area contributed by atoms with E-state index in [0.29, 0.717) is 0 Å². The van der Waals surface area contributed by atoms with Gasteiger partial charge in [0.05, 0.1) is 0 Å². The molecule has 0 aliphatic carbocycles. The summed E-state index contributed by atoms with van der Waals surface area (Å²) in [4.78, 5) is 22.3. The van der Waals surface area contributed by atoms with E-state index >= 15 is 0 Å². The Kier molecular flexibility index (Phi) is 3.32. The summed E-state index contributed by atoms with van der Waals surface area (Å²) in [6.45, 7) is 8.14. The molecule has 82 valence electrons. The number of rotatable bonds is 3. The van der Waals surface area contributed by atoms with Gasteiger partial charge in [-0.05, 0) is 11.3 Å². The molecule has 4 heteroatoms. The van der Waals surface area contributed by atoms with Crippen LogP contribution in [0.3, 0.4) is 0 Å². The van der Waals surface area contributed by atoms with Crippen LogP contribution >= 0.6 is 0 Å². The Morgan fingerprint density at radius 1 is 1.00 bits per heavy atom. The van der Waals surface area contributed by atoms with Crippen LogP contribution in [0.25, 0.3) is 0 Å². The number of carboxylic acids is 2. The zero-order valence-corrected chi connectivity index (χ0v) is 9.29. The molecule has 0 bridgehead atoms. The van der Waals surface area contributed by atoms with Gasteiger partial charge in [-0.15, -0.1) is 0 Å². The Balaban J connectivity index is 5.65. The molecule has 0 spiro atoms. The Morgan fingerprint density at radius 3 is 1.29 bits per heavy atom. The Labute approximate surface area is 83.9 Å². The Morgan fingerprint density at radius 2 is 1.29 bits per heavy atom. The van der Waals surface area contributed by atoms with E-state index in [1.54, 1.807) is 34.6 Å². The van der Waals surface area contributed by atoms with Gasteiger partial charge in [-0.3, -0.25) is 9.59 Å². The van der Waals surface area contributed by atoms with Crippen molar-refractivity contribution in [1.29, 1.82) is 0 Å². The van der Waals surface area contributed by atoms with Crippen molar-refractivity contribution in [2.45, 2.75) is 34.6 Å². The highest BCUT2D eigenvalue weighted by atomic mass is 16.4. The van der Waals surface area contributed by atoms with Gasteiger partial charge in [0.1, 0.15) is 0 Å². The minimum Gasteiger partial charge on any atom is -0.480 e. The van der Waals surface area contributed by atoms with Crippen molar-refractivity contribution in [2.75, 3.05) is 0 Å². The molecule has 0 aliphatic heterocycles. The molecule has 0 unspecified atom stereocenters. The first-order chi connectivity index (χ1) is 6.08. The van der Waals surface area contributed by atoms with Crippen LogP contribution in [-0.2, 0) is 9.59 Å². The second-order valence-corrected chi connectivity index (χ2v) is 4.82. The van der Waals surface area contributed by atoms with Gasteiger partial charge >= 0.3 is 11.9 Å². The Hall–Kier alpha value is -1.06. The lowest BCUT2D eigenvalue weighted by atomic mass is 9.60. The second kappa shape index (κ2) is 3.59. The number of carboxylic acid groups (broad SMARTS) is 2. The molecule has 0 aromatic rings. The van der Waals surface area contributed by atoms with Crippen LogP contribution in [0.15, 0.2) is 0 Å². The summed E-state index contributed by atoms with van der Waals surface area (Å²) >= 11 is 0. The van der Waals surface area contributed by atoms with Gasteiger partial charge < -0.3 is 10.2 Å². The number of aliphatic carboxylic acids is 2. The minimum atomic E-state index is -1.73. The van der Waals surface area contributed by atoms with Crippen LogP contribution in [0, 0.1) is 16.7 Å². The zero-order chi connectivity index (χ0) is 11.7. The fourth-order valence-electron chi connectivity index (χ4n) is 2.09. The maximum Gasteiger partial charge on any atom is 0.321 e. The first-order valence-corrected chi connectivity index (χ1v) is 4.55. The molecule has 0 fully saturated rings. The summed E-state index contributed by atoms with van der Waals surface area (Å²) < 4.78 is 0. The highest BCUT2D eigenvalue weighted by Crippen LogP contribution is 2.45. The summed E-state index contributed by atoms with van der Waals surface area (Å²) in [6.07, 6.45) is 0. The van der Waals surface area contributed by atoms with Crippen LogP contribution in [-0.4, -0.2) is 22.2 Å². The maximum absolute atomic E-state index is 11.2. The highest BCUT2D eigenvalue weighted by molar-refractivity contribution is 5.99. The van der Waals surface area contributed by atoms with Crippen LogP contribution in [0.1, 0.15) is 34.6 Å². The topological polar surface area (TPSA) is 74.6 Å². The van der Waals surface area contributed by atoms with Gasteiger partial charge in [-0.25, -0.2) is 0 Å². The van der Waals surface area contributed by atoms with E-state index in [9.17, 15) is 9.59 Å². The molecule has 0 saturated carbocycles. The van der Waals surface area contributed by atoms with Crippen molar-refractivity contribution in [3.8, 4) is 0 Å². The predicted octanol–water partition coefficient (Wildman–Crippen LogP) is 1.84. The molecule has 4 nitrogen and oxygen atoms in total. The molecule has 0 heterocycles. The molecule has 0 atom stereocenters. The third kappa shape index (κ3) is 1.61. The molecule has 0 aromatic heterocycles. The van der Waals surface area contributed by atoms with Gasteiger partial charge in [0.15, 0.2) is 5.41 Å². The molecule has 0 aromatic carbocycles. The summed E-state index contributed by atoms with van der Waals surface area (Å²) in [5.41, 5.74) is -2.55. The van der Waals surface area contributed by atoms with Gasteiger partial charge in [0, 0.05) is 0 Å². The lowest BCUT2D eigenvalue weighted by Gasteiger charge is -2.40. The lowest BCUT2D eigenvalue weighted by molar-refractivity contribution is -0.178. The highest BCUT2D eigenvalue weighted by Gasteiger charge is 2.57. The van der Waals surface area contributed by atoms with E-state index < -0.39 is 28.7 Å². The molecule has 0 amide bonds. The quantitative estimate of drug-likeness (QED) is 0.685. The average Bonchev–Trinajstić information content (AvgIpc) is 1.79. The SMILES string of the molecule is CC(C)C(C(=O)O)(C(=O)O)C(C)(C)C. The molecule has 0 aliphatic rings. The van der Waals surface area contributed by atoms with E-state index in [-0.39, 0.29) is 0 Å². The van der Waals surface area contributed by atoms with Crippen LogP contribution in [0.4, 0.5) is 0 Å². The minimum absolute atomic E-state index is 0.461. The largest absolute Gasteiger partial charge is 0.480 e. The van der Waals surface area contributed by atoms with Crippen molar-refractivity contribution in [3.63, 3.8) is 0 Å². The van der Waals surface area contributed by atoms with Crippen molar-refractivity contribution in [3.05, 3.63) is 0 Å². The molecule has 0 radical (unpaired) electrons. The van der Waals surface area contributed by atoms with Crippen molar-refractivity contribution in [2.24, 2.45) is 16.7 Å². The van der Waals surface area contributed by atoms with E-state index in [0.717, 1.165) is 0 Å². The zero-order valence-electron chi connectivity index (χ0n) is 9.29. The smallest absolute Gasteiger partial charge is 0.321 e. The number of hydrogen-bond acceptors (Lipinski definition) is 2. The fraction of sp³-hybridized carbons (Fsp3) is 0.800. The standard InChI is InChI=1S/C10H18O4/c1-6(2)10(7(11)12,8(13)14)9(3,4)5/h6H,1-5H3,(H,11,12)(H,13,14). The van der Waals surface area contributed by atoms with Crippen molar-refractivity contribution < 1.29 is 19.8 Å². The van der Waals surface area contributed by atoms with Gasteiger partial charge in [-0.1, -0.05) is 34.6 Å². The average molecular weight is 202 g/mol. The van der Waals surface area contributed by atoms with Crippen molar-refractivity contribution in [1.82, 2.24) is 0 Å². The third-order valence-electron chi connectivity index (χ3n) is 2.72. The lowest BCUT2D eigenvalue weighted by Crippen LogP contribution is -2.53. The molecule has 0 saturated heterocycles. The van der Waals surface area contributed by atoms with Crippen LogP contribution < -0.4 is 0 Å². The maximum atomic E-state index is 11.2. The van der Waals surface area contributed by atoms with Gasteiger partial charge in [0.2, 0.25) is 0 Å². The second-order valence-electron chi connectivity index (χ2n) is 4.82. The molecule has 14 heavy (non-hydrogen) atoms. The molecular formula is C10H18O4. The van der Waals surface area contributed by atoms with E-state index in [1.807, 2.05) is 0 Å². The predicted molar refractivity (Wildman–Crippen MR) is 52.0 cm³/mol. The number of hydrogen-bond donors (Lipinski definition) is 2. The summed E-state index contributed by atoms with van der Waals surface area (Å²) in [6, 6.07) is 0. The van der Waals surface area contributed by atoms with Gasteiger partial charge in [0.25, 0.3) is 0 Å². The summed E-state index contributed by atoms with van der Waals surface area (Å²) in [5.74, 6) is -3.00. The number of carbonyl (C=O) groups is 2. The van der Waals surface area contributed by atoms with Crippen molar-refractivity contribution >= 4 is 11.9 Å². The first-order valence-electron chi connectivity index (χ1n) is 4.55. The first kappa shape index (κ1) is 12.9. The third-order valence-corrected chi connectivity index (χ3v) is 2.72.